The minimum Gasteiger partial charge on any atom is -0.336 e. The second-order valence-electron chi connectivity index (χ2n) is 8.07. The van der Waals surface area contributed by atoms with Crippen molar-refractivity contribution < 1.29 is 4.79 Å². The predicted molar refractivity (Wildman–Crippen MR) is 103 cm³/mol. The first-order chi connectivity index (χ1) is 13.1. The van der Waals surface area contributed by atoms with Gasteiger partial charge in [0.05, 0.1) is 24.1 Å². The van der Waals surface area contributed by atoms with Crippen molar-refractivity contribution in [3.63, 3.8) is 0 Å². The number of hydrogen-bond acceptors (Lipinski definition) is 5. The van der Waals surface area contributed by atoms with Gasteiger partial charge in [0.1, 0.15) is 0 Å². The number of aromatic nitrogens is 3. The van der Waals surface area contributed by atoms with Crippen molar-refractivity contribution in [2.75, 3.05) is 19.6 Å². The first-order valence-corrected chi connectivity index (χ1v) is 9.79. The van der Waals surface area contributed by atoms with E-state index in [1.54, 1.807) is 12.4 Å². The molecule has 0 N–H and O–H groups in total. The molecule has 0 radical (unpaired) electrons. The first-order valence-electron chi connectivity index (χ1n) is 9.79. The number of piperidine rings is 2. The van der Waals surface area contributed by atoms with Crippen molar-refractivity contribution in [1.29, 1.82) is 0 Å². The lowest BCUT2D eigenvalue weighted by molar-refractivity contribution is -0.140. The Kier molecular flexibility index (Phi) is 5.16. The molecule has 0 aromatic carbocycles. The van der Waals surface area contributed by atoms with Crippen molar-refractivity contribution >= 4 is 5.91 Å². The Labute approximate surface area is 160 Å². The topological polar surface area (TPSA) is 62.2 Å². The van der Waals surface area contributed by atoms with E-state index in [1.807, 2.05) is 30.3 Å². The highest BCUT2D eigenvalue weighted by atomic mass is 16.2. The number of carbonyl (C=O) groups excluding carboxylic acids is 1. The van der Waals surface area contributed by atoms with E-state index in [4.69, 9.17) is 0 Å². The molecule has 0 saturated carbocycles. The third-order valence-corrected chi connectivity index (χ3v) is 5.80. The molecule has 0 aliphatic carbocycles. The number of hydrogen-bond donors (Lipinski definition) is 0. The number of nitrogens with zero attached hydrogens (tertiary/aromatic N) is 5. The number of aryl methyl sites for hydroxylation is 1. The molecule has 142 valence electrons. The van der Waals surface area contributed by atoms with Crippen LogP contribution in [0, 0.1) is 12.3 Å². The second-order valence-corrected chi connectivity index (χ2v) is 8.07. The molecule has 1 spiro atoms. The summed E-state index contributed by atoms with van der Waals surface area (Å²) < 4.78 is 0. The third kappa shape index (κ3) is 4.33. The van der Waals surface area contributed by atoms with Gasteiger partial charge in [0.2, 0.25) is 5.91 Å². The Balaban J connectivity index is 1.43. The van der Waals surface area contributed by atoms with Crippen LogP contribution in [-0.2, 0) is 17.9 Å². The fourth-order valence-corrected chi connectivity index (χ4v) is 4.47. The zero-order valence-electron chi connectivity index (χ0n) is 16.0. The minimum atomic E-state index is 0.201. The highest BCUT2D eigenvalue weighted by Gasteiger charge is 2.41. The lowest BCUT2D eigenvalue weighted by Gasteiger charge is -2.48. The number of rotatable bonds is 4. The monoisotopic (exact) mass is 365 g/mol. The Morgan fingerprint density at radius 3 is 2.81 bits per heavy atom. The van der Waals surface area contributed by atoms with E-state index >= 15 is 0 Å². The molecular weight excluding hydrogens is 338 g/mol. The third-order valence-electron chi connectivity index (χ3n) is 5.80. The molecule has 2 fully saturated rings. The van der Waals surface area contributed by atoms with Crippen molar-refractivity contribution in [1.82, 2.24) is 24.8 Å². The summed E-state index contributed by atoms with van der Waals surface area (Å²) in [5.41, 5.74) is 3.23. The van der Waals surface area contributed by atoms with Gasteiger partial charge in [-0.25, -0.2) is 0 Å². The molecule has 0 bridgehead atoms. The van der Waals surface area contributed by atoms with E-state index in [9.17, 15) is 4.79 Å². The molecule has 2 aromatic heterocycles. The van der Waals surface area contributed by atoms with Crippen LogP contribution in [0.3, 0.4) is 0 Å². The fraction of sp³-hybridized carbons (Fsp3) is 0.524. The summed E-state index contributed by atoms with van der Waals surface area (Å²) in [5, 5.41) is 0. The molecule has 27 heavy (non-hydrogen) atoms. The maximum atomic E-state index is 12.5. The molecule has 6 heteroatoms. The van der Waals surface area contributed by atoms with E-state index < -0.39 is 0 Å². The zero-order valence-corrected chi connectivity index (χ0v) is 16.0. The lowest BCUT2D eigenvalue weighted by atomic mass is 9.73. The van der Waals surface area contributed by atoms with Gasteiger partial charge >= 0.3 is 0 Å². The average Bonchev–Trinajstić information content (AvgIpc) is 2.68. The Morgan fingerprint density at radius 1 is 1.11 bits per heavy atom. The Bertz CT molecular complexity index is 779. The summed E-state index contributed by atoms with van der Waals surface area (Å²) in [4.78, 5) is 30.0. The van der Waals surface area contributed by atoms with Crippen molar-refractivity contribution in [2.45, 2.75) is 45.7 Å². The molecule has 6 nitrogen and oxygen atoms in total. The SMILES string of the molecule is Cc1cnc(CN2CC3(CCCN(Cc4cccnc4)C3)CCC2=O)cn1. The van der Waals surface area contributed by atoms with Crippen LogP contribution in [0.25, 0.3) is 0 Å². The van der Waals surface area contributed by atoms with Gasteiger partial charge in [-0.1, -0.05) is 6.07 Å². The van der Waals surface area contributed by atoms with Crippen LogP contribution >= 0.6 is 0 Å². The quantitative estimate of drug-likeness (QED) is 0.833. The van der Waals surface area contributed by atoms with Gasteiger partial charge < -0.3 is 4.90 Å². The summed E-state index contributed by atoms with van der Waals surface area (Å²) in [7, 11) is 0. The minimum absolute atomic E-state index is 0.201. The van der Waals surface area contributed by atoms with Crippen LogP contribution in [0.5, 0.6) is 0 Å². The van der Waals surface area contributed by atoms with E-state index in [1.165, 1.54) is 18.4 Å². The van der Waals surface area contributed by atoms with Crippen LogP contribution in [0.1, 0.15) is 42.6 Å². The van der Waals surface area contributed by atoms with Gasteiger partial charge in [0.25, 0.3) is 0 Å². The average molecular weight is 365 g/mol. The zero-order chi connectivity index (χ0) is 18.7. The Morgan fingerprint density at radius 2 is 2.04 bits per heavy atom. The fourth-order valence-electron chi connectivity index (χ4n) is 4.47. The normalized spacial score (nSPS) is 23.7. The van der Waals surface area contributed by atoms with Gasteiger partial charge in [-0.3, -0.25) is 24.6 Å². The lowest BCUT2D eigenvalue weighted by Crippen LogP contribution is -2.53. The molecule has 1 atom stereocenters. The van der Waals surface area contributed by atoms with Gasteiger partial charge in [0.15, 0.2) is 0 Å². The predicted octanol–water partition coefficient (Wildman–Crippen LogP) is 2.58. The standard InChI is InChI=1S/C21H27N5O/c1-17-10-24-19(12-23-17)14-26-16-21(7-5-20(26)27)6-3-9-25(15-21)13-18-4-2-8-22-11-18/h2,4,8,10-12H,3,5-7,9,13-16H2,1H3. The van der Waals surface area contributed by atoms with Gasteiger partial charge in [-0.15, -0.1) is 0 Å². The molecule has 1 amide bonds. The van der Waals surface area contributed by atoms with Gasteiger partial charge in [-0.2, -0.15) is 0 Å². The first kappa shape index (κ1) is 18.0. The molecule has 2 aliphatic rings. The summed E-state index contributed by atoms with van der Waals surface area (Å²) in [6.07, 6.45) is 11.3. The van der Waals surface area contributed by atoms with Crippen LogP contribution in [0.2, 0.25) is 0 Å². The number of carbonyl (C=O) groups is 1. The summed E-state index contributed by atoms with van der Waals surface area (Å²) in [6, 6.07) is 4.14. The van der Waals surface area contributed by atoms with E-state index in [-0.39, 0.29) is 11.3 Å². The molecule has 2 aliphatic heterocycles. The van der Waals surface area contributed by atoms with Crippen molar-refractivity contribution in [3.05, 3.63) is 53.9 Å². The van der Waals surface area contributed by atoms with E-state index in [0.29, 0.717) is 13.0 Å². The number of amides is 1. The molecular formula is C21H27N5O. The summed E-state index contributed by atoms with van der Waals surface area (Å²) in [6.45, 7) is 6.42. The van der Waals surface area contributed by atoms with Crippen LogP contribution < -0.4 is 0 Å². The summed E-state index contributed by atoms with van der Waals surface area (Å²) in [5.74, 6) is 0.243. The highest BCUT2D eigenvalue weighted by molar-refractivity contribution is 5.77. The maximum Gasteiger partial charge on any atom is 0.222 e. The Hall–Kier alpha value is -2.34. The van der Waals surface area contributed by atoms with E-state index in [2.05, 4.69) is 25.9 Å². The summed E-state index contributed by atoms with van der Waals surface area (Å²) >= 11 is 0. The maximum absolute atomic E-state index is 12.5. The number of pyridine rings is 1. The molecule has 4 heterocycles. The largest absolute Gasteiger partial charge is 0.336 e. The molecule has 4 rings (SSSR count). The van der Waals surface area contributed by atoms with E-state index in [0.717, 1.165) is 44.0 Å². The smallest absolute Gasteiger partial charge is 0.222 e. The molecule has 1 unspecified atom stereocenters. The van der Waals surface area contributed by atoms with Crippen molar-refractivity contribution in [2.24, 2.45) is 5.41 Å². The molecule has 2 aromatic rings. The number of likely N-dealkylation sites (tertiary alicyclic amines) is 2. The van der Waals surface area contributed by atoms with Gasteiger partial charge in [0, 0.05) is 50.1 Å². The van der Waals surface area contributed by atoms with Crippen LogP contribution in [0.4, 0.5) is 0 Å². The van der Waals surface area contributed by atoms with Crippen LogP contribution in [-0.4, -0.2) is 50.3 Å². The van der Waals surface area contributed by atoms with Crippen LogP contribution in [0.15, 0.2) is 36.9 Å². The van der Waals surface area contributed by atoms with Gasteiger partial charge in [-0.05, 0) is 44.4 Å². The highest BCUT2D eigenvalue weighted by Crippen LogP contribution is 2.39. The second kappa shape index (κ2) is 7.72. The molecule has 2 saturated heterocycles. The van der Waals surface area contributed by atoms with Crippen molar-refractivity contribution in [3.8, 4) is 0 Å².